The molecule has 3 atom stereocenters. The largest absolute Gasteiger partial charge is 0.481 e. The maximum atomic E-state index is 12.7. The Balaban J connectivity index is 3.33. The number of aliphatic hydroxyl groups is 1. The van der Waals surface area contributed by atoms with Crippen molar-refractivity contribution in [3.05, 3.63) is 0 Å². The van der Waals surface area contributed by atoms with E-state index in [2.05, 4.69) is 0 Å². The molecule has 0 saturated heterocycles. The van der Waals surface area contributed by atoms with Gasteiger partial charge < -0.3 is 10.2 Å². The number of hydrogen-bond donors (Lipinski definition) is 2. The van der Waals surface area contributed by atoms with Crippen LogP contribution in [0.2, 0.25) is 0 Å². The Kier molecular flexibility index (Phi) is 4.98. The van der Waals surface area contributed by atoms with Gasteiger partial charge in [0, 0.05) is 6.42 Å². The molecule has 1 saturated carbocycles. The van der Waals surface area contributed by atoms with E-state index >= 15 is 0 Å². The summed E-state index contributed by atoms with van der Waals surface area (Å²) in [6.45, 7) is 6.55. The third-order valence-electron chi connectivity index (χ3n) is 4.65. The Bertz CT molecular complexity index is 458. The normalized spacial score (nSPS) is 36.5. The zero-order valence-corrected chi connectivity index (χ0v) is 13.4. The number of carboxylic acid groups (broad SMARTS) is 1. The van der Waals surface area contributed by atoms with Gasteiger partial charge in [-0.05, 0) is 39.5 Å². The van der Waals surface area contributed by atoms with E-state index in [1.165, 1.54) is 13.8 Å². The van der Waals surface area contributed by atoms with E-state index in [0.29, 0.717) is 19.3 Å². The lowest BCUT2D eigenvalue weighted by Crippen LogP contribution is -2.60. The van der Waals surface area contributed by atoms with Gasteiger partial charge in [0.2, 0.25) is 0 Å². The van der Waals surface area contributed by atoms with Gasteiger partial charge in [-0.3, -0.25) is 14.4 Å². The van der Waals surface area contributed by atoms with Crippen molar-refractivity contribution in [1.82, 2.24) is 0 Å². The van der Waals surface area contributed by atoms with Crippen LogP contribution in [0.5, 0.6) is 0 Å². The van der Waals surface area contributed by atoms with Crippen molar-refractivity contribution in [2.75, 3.05) is 0 Å². The number of carbonyl (C=O) groups excluding carboxylic acids is 2. The molecule has 0 amide bonds. The first-order valence-corrected chi connectivity index (χ1v) is 7.60. The molecule has 0 unspecified atom stereocenters. The molecule has 0 radical (unpaired) electrons. The highest BCUT2D eigenvalue weighted by molar-refractivity contribution is 6.16. The molecule has 5 nitrogen and oxygen atoms in total. The van der Waals surface area contributed by atoms with E-state index in [-0.39, 0.29) is 25.0 Å². The Labute approximate surface area is 125 Å². The van der Waals surface area contributed by atoms with Crippen molar-refractivity contribution in [1.29, 1.82) is 0 Å². The van der Waals surface area contributed by atoms with E-state index in [4.69, 9.17) is 0 Å². The smallest absolute Gasteiger partial charge is 0.317 e. The summed E-state index contributed by atoms with van der Waals surface area (Å²) in [4.78, 5) is 36.7. The van der Waals surface area contributed by atoms with Crippen molar-refractivity contribution >= 4 is 17.5 Å². The predicted molar refractivity (Wildman–Crippen MR) is 77.9 cm³/mol. The van der Waals surface area contributed by atoms with Crippen molar-refractivity contribution in [3.63, 3.8) is 0 Å². The van der Waals surface area contributed by atoms with Crippen LogP contribution in [0.25, 0.3) is 0 Å². The Morgan fingerprint density at radius 2 is 1.62 bits per heavy atom. The maximum absolute atomic E-state index is 12.7. The Morgan fingerprint density at radius 3 is 2.05 bits per heavy atom. The molecule has 5 heteroatoms. The van der Waals surface area contributed by atoms with Crippen LogP contribution in [-0.4, -0.2) is 33.3 Å². The number of carboxylic acids is 1. The summed E-state index contributed by atoms with van der Waals surface area (Å²) in [7, 11) is 0. The van der Waals surface area contributed by atoms with Gasteiger partial charge in [0.15, 0.2) is 5.78 Å². The topological polar surface area (TPSA) is 91.7 Å². The van der Waals surface area contributed by atoms with Gasteiger partial charge in [-0.1, -0.05) is 20.3 Å². The van der Waals surface area contributed by atoms with Gasteiger partial charge in [-0.2, -0.15) is 0 Å². The third kappa shape index (κ3) is 3.03. The number of Topliss-reactive ketones (excluding diaryl/α,β-unsaturated/α-hetero) is 2. The van der Waals surface area contributed by atoms with E-state index in [0.717, 1.165) is 0 Å². The minimum Gasteiger partial charge on any atom is -0.481 e. The van der Waals surface area contributed by atoms with Crippen molar-refractivity contribution in [2.24, 2.45) is 10.8 Å². The lowest BCUT2D eigenvalue weighted by molar-refractivity contribution is -0.176. The second-order valence-corrected chi connectivity index (χ2v) is 6.80. The average Bonchev–Trinajstić information content (AvgIpc) is 2.36. The summed E-state index contributed by atoms with van der Waals surface area (Å²) in [5.74, 6) is -2.10. The SMILES string of the molecule is CCCC(=O)[C@@]1(C)C[C@@](O)(CCC)C[C@@](C)(C(=O)O)C1=O. The minimum absolute atomic E-state index is 0.0222. The second kappa shape index (κ2) is 5.87. The van der Waals surface area contributed by atoms with Crippen LogP contribution in [0.1, 0.15) is 66.2 Å². The van der Waals surface area contributed by atoms with Crippen molar-refractivity contribution in [3.8, 4) is 0 Å². The van der Waals surface area contributed by atoms with Crippen LogP contribution in [0.4, 0.5) is 0 Å². The average molecular weight is 298 g/mol. The summed E-state index contributed by atoms with van der Waals surface area (Å²) >= 11 is 0. The first-order chi connectivity index (χ1) is 9.55. The molecular formula is C16H26O5. The molecule has 2 N–H and O–H groups in total. The number of rotatable bonds is 6. The molecule has 0 aromatic heterocycles. The lowest BCUT2D eigenvalue weighted by Gasteiger charge is -2.48. The molecule has 120 valence electrons. The van der Waals surface area contributed by atoms with Crippen molar-refractivity contribution < 1.29 is 24.6 Å². The molecule has 0 aliphatic heterocycles. The summed E-state index contributed by atoms with van der Waals surface area (Å²) in [6.07, 6.45) is 1.76. The molecule has 0 heterocycles. The van der Waals surface area contributed by atoms with E-state index in [1.807, 2.05) is 13.8 Å². The molecule has 1 rings (SSSR count). The molecule has 1 fully saturated rings. The fourth-order valence-corrected chi connectivity index (χ4v) is 3.69. The van der Waals surface area contributed by atoms with Crippen LogP contribution < -0.4 is 0 Å². The molecule has 0 aromatic rings. The van der Waals surface area contributed by atoms with Gasteiger partial charge in [-0.25, -0.2) is 0 Å². The lowest BCUT2D eigenvalue weighted by atomic mass is 9.55. The molecule has 1 aliphatic rings. The second-order valence-electron chi connectivity index (χ2n) is 6.80. The number of carbonyl (C=O) groups is 3. The highest BCUT2D eigenvalue weighted by Crippen LogP contribution is 2.50. The first-order valence-electron chi connectivity index (χ1n) is 7.60. The van der Waals surface area contributed by atoms with E-state index in [1.54, 1.807) is 0 Å². The Hall–Kier alpha value is -1.23. The van der Waals surface area contributed by atoms with Crippen LogP contribution in [0, 0.1) is 10.8 Å². The molecule has 1 aliphatic carbocycles. The fourth-order valence-electron chi connectivity index (χ4n) is 3.69. The zero-order valence-electron chi connectivity index (χ0n) is 13.4. The highest BCUT2D eigenvalue weighted by atomic mass is 16.4. The van der Waals surface area contributed by atoms with E-state index in [9.17, 15) is 24.6 Å². The van der Waals surface area contributed by atoms with Crippen molar-refractivity contribution in [2.45, 2.75) is 71.8 Å². The third-order valence-corrected chi connectivity index (χ3v) is 4.65. The van der Waals surface area contributed by atoms with Gasteiger partial charge >= 0.3 is 5.97 Å². The molecular weight excluding hydrogens is 272 g/mol. The summed E-state index contributed by atoms with van der Waals surface area (Å²) in [5, 5.41) is 20.2. The Morgan fingerprint density at radius 1 is 1.10 bits per heavy atom. The molecule has 0 bridgehead atoms. The van der Waals surface area contributed by atoms with Gasteiger partial charge in [0.25, 0.3) is 0 Å². The van der Waals surface area contributed by atoms with Gasteiger partial charge in [0.05, 0.1) is 11.0 Å². The van der Waals surface area contributed by atoms with Gasteiger partial charge in [-0.15, -0.1) is 0 Å². The van der Waals surface area contributed by atoms with Crippen LogP contribution in [0.3, 0.4) is 0 Å². The first kappa shape index (κ1) is 17.8. The molecule has 0 aromatic carbocycles. The number of hydrogen-bond acceptors (Lipinski definition) is 4. The standard InChI is InChI=1S/C16H26O5/c1-5-7-11(17)14(3)9-16(21,8-6-2)10-15(4,12(14)18)13(19)20/h21H,5-10H2,1-4H3,(H,19,20)/t14-,15-,16+/m1/s1. The van der Waals surface area contributed by atoms with Crippen LogP contribution in [-0.2, 0) is 14.4 Å². The minimum atomic E-state index is -1.71. The summed E-state index contributed by atoms with van der Waals surface area (Å²) in [5.41, 5.74) is -4.40. The van der Waals surface area contributed by atoms with E-state index < -0.39 is 28.2 Å². The van der Waals surface area contributed by atoms with Gasteiger partial charge in [0.1, 0.15) is 11.2 Å². The molecule has 0 spiro atoms. The predicted octanol–water partition coefficient (Wildman–Crippen LogP) is 2.35. The highest BCUT2D eigenvalue weighted by Gasteiger charge is 2.61. The summed E-state index contributed by atoms with van der Waals surface area (Å²) in [6, 6.07) is 0. The zero-order chi connectivity index (χ0) is 16.5. The van der Waals surface area contributed by atoms with Crippen LogP contribution >= 0.6 is 0 Å². The molecule has 21 heavy (non-hydrogen) atoms. The quantitative estimate of drug-likeness (QED) is 0.734. The summed E-state index contributed by atoms with van der Waals surface area (Å²) < 4.78 is 0. The fraction of sp³-hybridized carbons (Fsp3) is 0.812. The monoisotopic (exact) mass is 298 g/mol. The number of ketones is 2. The van der Waals surface area contributed by atoms with Crippen LogP contribution in [0.15, 0.2) is 0 Å². The maximum Gasteiger partial charge on any atom is 0.317 e. The number of aliphatic carboxylic acids is 1.